The molecule has 0 unspecified atom stereocenters. The van der Waals surface area contributed by atoms with Gasteiger partial charge in [-0.25, -0.2) is 0 Å². The molecular formula is C12H28O3. The van der Waals surface area contributed by atoms with Crippen LogP contribution < -0.4 is 0 Å². The SMILES string of the molecule is C.C=CC.CC.COCC1(C)OCCO1. The summed E-state index contributed by atoms with van der Waals surface area (Å²) >= 11 is 0. The van der Waals surface area contributed by atoms with E-state index in [1.54, 1.807) is 13.2 Å². The summed E-state index contributed by atoms with van der Waals surface area (Å²) in [5.74, 6) is -0.477. The van der Waals surface area contributed by atoms with Crippen molar-refractivity contribution in [3.05, 3.63) is 12.7 Å². The highest BCUT2D eigenvalue weighted by molar-refractivity contribution is 4.65. The van der Waals surface area contributed by atoms with Crippen molar-refractivity contribution in [3.8, 4) is 0 Å². The standard InChI is InChI=1S/C6H12O3.C3H6.C2H6.CH4/c1-6(5-7-2)8-3-4-9-6;1-3-2;1-2;/h3-5H2,1-2H3;3H,1H2,2H3;1-2H3;1H4. The van der Waals surface area contributed by atoms with Gasteiger partial charge in [0.2, 0.25) is 0 Å². The molecule has 0 aromatic heterocycles. The van der Waals surface area contributed by atoms with Crippen LogP contribution in [0.25, 0.3) is 0 Å². The van der Waals surface area contributed by atoms with Crippen LogP contribution in [0.15, 0.2) is 12.7 Å². The highest BCUT2D eigenvalue weighted by atomic mass is 16.7. The van der Waals surface area contributed by atoms with Crippen LogP contribution in [0.4, 0.5) is 0 Å². The van der Waals surface area contributed by atoms with Crippen LogP contribution in [-0.4, -0.2) is 32.7 Å². The zero-order valence-electron chi connectivity index (χ0n) is 10.1. The summed E-state index contributed by atoms with van der Waals surface area (Å²) in [4.78, 5) is 0. The van der Waals surface area contributed by atoms with E-state index in [4.69, 9.17) is 14.2 Å². The van der Waals surface area contributed by atoms with Crippen molar-refractivity contribution >= 4 is 0 Å². The van der Waals surface area contributed by atoms with E-state index in [-0.39, 0.29) is 7.43 Å². The van der Waals surface area contributed by atoms with Crippen LogP contribution in [-0.2, 0) is 14.2 Å². The Morgan fingerprint density at radius 2 is 1.67 bits per heavy atom. The molecule has 1 aliphatic heterocycles. The number of hydrogen-bond acceptors (Lipinski definition) is 3. The number of allylic oxidation sites excluding steroid dienone is 1. The minimum absolute atomic E-state index is 0. The van der Waals surface area contributed by atoms with Gasteiger partial charge < -0.3 is 14.2 Å². The van der Waals surface area contributed by atoms with Gasteiger partial charge in [-0.3, -0.25) is 0 Å². The maximum absolute atomic E-state index is 5.23. The Morgan fingerprint density at radius 3 is 1.93 bits per heavy atom. The first-order chi connectivity index (χ1) is 6.68. The van der Waals surface area contributed by atoms with E-state index in [0.717, 1.165) is 0 Å². The molecule has 1 saturated heterocycles. The summed E-state index contributed by atoms with van der Waals surface area (Å²) in [7, 11) is 1.64. The van der Waals surface area contributed by atoms with Crippen LogP contribution in [0.5, 0.6) is 0 Å². The Morgan fingerprint density at radius 1 is 1.33 bits per heavy atom. The average molecular weight is 220 g/mol. The topological polar surface area (TPSA) is 27.7 Å². The summed E-state index contributed by atoms with van der Waals surface area (Å²) in [6.45, 7) is 13.0. The summed E-state index contributed by atoms with van der Waals surface area (Å²) in [5.41, 5.74) is 0. The van der Waals surface area contributed by atoms with E-state index < -0.39 is 5.79 Å². The van der Waals surface area contributed by atoms with Gasteiger partial charge in [-0.05, 0) is 13.8 Å². The molecule has 0 aromatic rings. The lowest BCUT2D eigenvalue weighted by Crippen LogP contribution is -2.31. The third kappa shape index (κ3) is 11.5. The average Bonchev–Trinajstić information content (AvgIpc) is 2.58. The third-order valence-corrected chi connectivity index (χ3v) is 1.30. The zero-order valence-corrected chi connectivity index (χ0v) is 10.1. The molecule has 1 rings (SSSR count). The van der Waals surface area contributed by atoms with Gasteiger partial charge >= 0.3 is 0 Å². The molecule has 94 valence electrons. The van der Waals surface area contributed by atoms with Crippen molar-refractivity contribution in [2.24, 2.45) is 0 Å². The lowest BCUT2D eigenvalue weighted by Gasteiger charge is -2.20. The first kappa shape index (κ1) is 20.1. The first-order valence-corrected chi connectivity index (χ1v) is 5.02. The molecule has 0 radical (unpaired) electrons. The van der Waals surface area contributed by atoms with Crippen LogP contribution >= 0.6 is 0 Å². The van der Waals surface area contributed by atoms with Crippen molar-refractivity contribution in [2.75, 3.05) is 26.9 Å². The quantitative estimate of drug-likeness (QED) is 0.669. The molecule has 0 N–H and O–H groups in total. The Hall–Kier alpha value is -0.380. The Kier molecular flexibility index (Phi) is 18.2. The summed E-state index contributed by atoms with van der Waals surface area (Å²) in [6, 6.07) is 0. The van der Waals surface area contributed by atoms with Gasteiger partial charge in [-0.2, -0.15) is 0 Å². The van der Waals surface area contributed by atoms with Crippen molar-refractivity contribution in [1.29, 1.82) is 0 Å². The van der Waals surface area contributed by atoms with Crippen LogP contribution in [0, 0.1) is 0 Å². The fourth-order valence-electron chi connectivity index (χ4n) is 0.902. The Bertz CT molecular complexity index is 118. The van der Waals surface area contributed by atoms with Crippen molar-refractivity contribution in [1.82, 2.24) is 0 Å². The van der Waals surface area contributed by atoms with Gasteiger partial charge in [-0.15, -0.1) is 6.58 Å². The highest BCUT2D eigenvalue weighted by Crippen LogP contribution is 2.17. The second kappa shape index (κ2) is 13.6. The first-order valence-electron chi connectivity index (χ1n) is 5.02. The number of methoxy groups -OCH3 is 1. The maximum atomic E-state index is 5.23. The predicted molar refractivity (Wildman–Crippen MR) is 66.1 cm³/mol. The molecular weight excluding hydrogens is 192 g/mol. The monoisotopic (exact) mass is 220 g/mol. The highest BCUT2D eigenvalue weighted by Gasteiger charge is 2.30. The van der Waals surface area contributed by atoms with Crippen LogP contribution in [0.3, 0.4) is 0 Å². The normalized spacial score (nSPS) is 16.1. The maximum Gasteiger partial charge on any atom is 0.189 e. The molecule has 0 aliphatic carbocycles. The molecule has 0 aromatic carbocycles. The molecule has 0 amide bonds. The summed E-state index contributed by atoms with van der Waals surface area (Å²) in [5, 5.41) is 0. The van der Waals surface area contributed by atoms with E-state index >= 15 is 0 Å². The lowest BCUT2D eigenvalue weighted by atomic mass is 10.3. The van der Waals surface area contributed by atoms with Crippen molar-refractivity contribution in [2.45, 2.75) is 40.9 Å². The molecule has 0 atom stereocenters. The zero-order chi connectivity index (χ0) is 11.4. The fraction of sp³-hybridized carbons (Fsp3) is 0.833. The summed E-state index contributed by atoms with van der Waals surface area (Å²) in [6.07, 6.45) is 1.75. The second-order valence-corrected chi connectivity index (χ2v) is 2.67. The minimum Gasteiger partial charge on any atom is -0.379 e. The molecule has 0 spiro atoms. The van der Waals surface area contributed by atoms with Crippen LogP contribution in [0.1, 0.15) is 35.1 Å². The van der Waals surface area contributed by atoms with Crippen molar-refractivity contribution < 1.29 is 14.2 Å². The largest absolute Gasteiger partial charge is 0.379 e. The van der Waals surface area contributed by atoms with E-state index in [0.29, 0.717) is 19.8 Å². The minimum atomic E-state index is -0.477. The van der Waals surface area contributed by atoms with Gasteiger partial charge in [0.25, 0.3) is 0 Å². The number of hydrogen-bond donors (Lipinski definition) is 0. The molecule has 1 heterocycles. The van der Waals surface area contributed by atoms with E-state index in [9.17, 15) is 0 Å². The number of rotatable bonds is 2. The Labute approximate surface area is 95.4 Å². The van der Waals surface area contributed by atoms with E-state index in [1.165, 1.54) is 0 Å². The van der Waals surface area contributed by atoms with Crippen LogP contribution in [0.2, 0.25) is 0 Å². The van der Waals surface area contributed by atoms with Gasteiger partial charge in [0.15, 0.2) is 5.79 Å². The molecule has 1 aliphatic rings. The smallest absolute Gasteiger partial charge is 0.189 e. The lowest BCUT2D eigenvalue weighted by molar-refractivity contribution is -0.174. The second-order valence-electron chi connectivity index (χ2n) is 2.67. The number of ether oxygens (including phenoxy) is 3. The summed E-state index contributed by atoms with van der Waals surface area (Å²) < 4.78 is 15.3. The van der Waals surface area contributed by atoms with E-state index in [1.807, 2.05) is 27.7 Å². The van der Waals surface area contributed by atoms with Gasteiger partial charge in [0.1, 0.15) is 0 Å². The van der Waals surface area contributed by atoms with Gasteiger partial charge in [-0.1, -0.05) is 27.4 Å². The van der Waals surface area contributed by atoms with Gasteiger partial charge in [0.05, 0.1) is 19.8 Å². The molecule has 1 fully saturated rings. The van der Waals surface area contributed by atoms with Crippen molar-refractivity contribution in [3.63, 3.8) is 0 Å². The molecule has 0 saturated carbocycles. The molecule has 3 nitrogen and oxygen atoms in total. The fourth-order valence-corrected chi connectivity index (χ4v) is 0.902. The Balaban J connectivity index is -0.000000209. The molecule has 0 bridgehead atoms. The molecule has 3 heteroatoms. The molecule has 15 heavy (non-hydrogen) atoms. The van der Waals surface area contributed by atoms with E-state index in [2.05, 4.69) is 6.58 Å². The van der Waals surface area contributed by atoms with Gasteiger partial charge in [0, 0.05) is 7.11 Å². The predicted octanol–water partition coefficient (Wildman–Crippen LogP) is 3.25. The third-order valence-electron chi connectivity index (χ3n) is 1.30.